The summed E-state index contributed by atoms with van der Waals surface area (Å²) in [4.78, 5) is 10.1. The predicted molar refractivity (Wildman–Crippen MR) is 86.5 cm³/mol. The van der Waals surface area contributed by atoms with Crippen LogP contribution >= 0.6 is 0 Å². The Morgan fingerprint density at radius 1 is 1.41 bits per heavy atom. The standard InChI is InChI=1S/C16H30N4O2/c1-14(2)8-10-22-16(3,4)12-20-11-15(18-19-20)7-5-6-9-17-13-21/h11,13-14H,5-10,12H2,1-4H3,(H,17,21). The number of aryl methyl sites for hydroxylation is 1. The molecule has 0 saturated heterocycles. The second-order valence-corrected chi connectivity index (χ2v) is 6.73. The zero-order valence-electron chi connectivity index (χ0n) is 14.3. The van der Waals surface area contributed by atoms with Crippen LogP contribution in [0.25, 0.3) is 0 Å². The number of carbonyl (C=O) groups excluding carboxylic acids is 1. The van der Waals surface area contributed by atoms with E-state index in [4.69, 9.17) is 4.74 Å². The summed E-state index contributed by atoms with van der Waals surface area (Å²) < 4.78 is 7.80. The molecule has 0 aliphatic rings. The van der Waals surface area contributed by atoms with Gasteiger partial charge in [0.25, 0.3) is 0 Å². The summed E-state index contributed by atoms with van der Waals surface area (Å²) >= 11 is 0. The lowest BCUT2D eigenvalue weighted by Gasteiger charge is -2.25. The third-order valence-corrected chi connectivity index (χ3v) is 3.40. The molecule has 0 atom stereocenters. The van der Waals surface area contributed by atoms with Gasteiger partial charge in [0.1, 0.15) is 0 Å². The Morgan fingerprint density at radius 3 is 2.86 bits per heavy atom. The number of hydrogen-bond donors (Lipinski definition) is 1. The first-order valence-electron chi connectivity index (χ1n) is 8.13. The Labute approximate surface area is 133 Å². The van der Waals surface area contributed by atoms with Crippen molar-refractivity contribution in [3.63, 3.8) is 0 Å². The molecule has 1 rings (SSSR count). The molecule has 1 aromatic rings. The van der Waals surface area contributed by atoms with Crippen LogP contribution in [0.15, 0.2) is 6.20 Å². The van der Waals surface area contributed by atoms with Crippen molar-refractivity contribution < 1.29 is 9.53 Å². The second-order valence-electron chi connectivity index (χ2n) is 6.73. The minimum atomic E-state index is -0.242. The highest BCUT2D eigenvalue weighted by Gasteiger charge is 2.20. The highest BCUT2D eigenvalue weighted by Crippen LogP contribution is 2.14. The van der Waals surface area contributed by atoms with Crippen LogP contribution in [0.5, 0.6) is 0 Å². The molecule has 0 aliphatic heterocycles. The van der Waals surface area contributed by atoms with Crippen LogP contribution in [-0.4, -0.2) is 40.2 Å². The smallest absolute Gasteiger partial charge is 0.207 e. The van der Waals surface area contributed by atoms with Crippen molar-refractivity contribution in [1.29, 1.82) is 0 Å². The third kappa shape index (κ3) is 8.12. The summed E-state index contributed by atoms with van der Waals surface area (Å²) in [7, 11) is 0. The van der Waals surface area contributed by atoms with E-state index < -0.39 is 0 Å². The number of nitrogens with one attached hydrogen (secondary N) is 1. The normalized spacial score (nSPS) is 11.9. The molecule has 6 nitrogen and oxygen atoms in total. The molecule has 0 bridgehead atoms. The third-order valence-electron chi connectivity index (χ3n) is 3.40. The van der Waals surface area contributed by atoms with Crippen LogP contribution in [0.3, 0.4) is 0 Å². The zero-order valence-corrected chi connectivity index (χ0v) is 14.3. The Hall–Kier alpha value is -1.43. The van der Waals surface area contributed by atoms with E-state index in [1.54, 1.807) is 0 Å². The van der Waals surface area contributed by atoms with Gasteiger partial charge in [0.05, 0.1) is 17.8 Å². The largest absolute Gasteiger partial charge is 0.374 e. The minimum Gasteiger partial charge on any atom is -0.374 e. The fraction of sp³-hybridized carbons (Fsp3) is 0.812. The highest BCUT2D eigenvalue weighted by atomic mass is 16.5. The Kier molecular flexibility index (Phi) is 8.09. The first-order chi connectivity index (χ1) is 10.4. The van der Waals surface area contributed by atoms with Gasteiger partial charge in [-0.15, -0.1) is 5.10 Å². The molecule has 0 radical (unpaired) electrons. The molecule has 6 heteroatoms. The van der Waals surface area contributed by atoms with Crippen molar-refractivity contribution in [2.45, 2.75) is 65.5 Å². The summed E-state index contributed by atoms with van der Waals surface area (Å²) in [6.45, 7) is 10.8. The molecule has 0 spiro atoms. The molecule has 0 saturated carbocycles. The lowest BCUT2D eigenvalue weighted by Crippen LogP contribution is -2.31. The monoisotopic (exact) mass is 310 g/mol. The van der Waals surface area contributed by atoms with Gasteiger partial charge < -0.3 is 10.1 Å². The van der Waals surface area contributed by atoms with Crippen molar-refractivity contribution >= 4 is 6.41 Å². The molecule has 1 amide bonds. The molecular weight excluding hydrogens is 280 g/mol. The summed E-state index contributed by atoms with van der Waals surface area (Å²) in [6, 6.07) is 0. The van der Waals surface area contributed by atoms with Crippen molar-refractivity contribution in [2.24, 2.45) is 5.92 Å². The van der Waals surface area contributed by atoms with Gasteiger partial charge in [-0.1, -0.05) is 19.1 Å². The van der Waals surface area contributed by atoms with E-state index in [-0.39, 0.29) is 5.60 Å². The summed E-state index contributed by atoms with van der Waals surface area (Å²) in [6.07, 6.45) is 6.62. The van der Waals surface area contributed by atoms with Crippen LogP contribution in [0, 0.1) is 5.92 Å². The van der Waals surface area contributed by atoms with E-state index in [1.807, 2.05) is 10.9 Å². The van der Waals surface area contributed by atoms with Crippen LogP contribution < -0.4 is 5.32 Å². The van der Waals surface area contributed by atoms with Crippen molar-refractivity contribution in [3.8, 4) is 0 Å². The number of hydrogen-bond acceptors (Lipinski definition) is 4. The summed E-state index contributed by atoms with van der Waals surface area (Å²) in [5.41, 5.74) is 0.748. The summed E-state index contributed by atoms with van der Waals surface area (Å²) in [5, 5.41) is 11.0. The molecular formula is C16H30N4O2. The maximum absolute atomic E-state index is 10.1. The van der Waals surface area contributed by atoms with Gasteiger partial charge in [0.2, 0.25) is 6.41 Å². The number of aromatic nitrogens is 3. The lowest BCUT2D eigenvalue weighted by atomic mass is 10.1. The molecule has 0 fully saturated rings. The van der Waals surface area contributed by atoms with Crippen molar-refractivity contribution in [2.75, 3.05) is 13.2 Å². The predicted octanol–water partition coefficient (Wildman–Crippen LogP) is 2.19. The van der Waals surface area contributed by atoms with Gasteiger partial charge in [-0.3, -0.25) is 4.79 Å². The molecule has 1 aromatic heterocycles. The quantitative estimate of drug-likeness (QED) is 0.474. The Balaban J connectivity index is 2.32. The van der Waals surface area contributed by atoms with E-state index >= 15 is 0 Å². The van der Waals surface area contributed by atoms with Gasteiger partial charge in [-0.2, -0.15) is 0 Å². The highest BCUT2D eigenvalue weighted by molar-refractivity contribution is 5.45. The average Bonchev–Trinajstić information content (AvgIpc) is 2.84. The van der Waals surface area contributed by atoms with Crippen LogP contribution in [0.2, 0.25) is 0 Å². The second kappa shape index (κ2) is 9.56. The maximum atomic E-state index is 10.1. The molecule has 1 N–H and O–H groups in total. The SMILES string of the molecule is CC(C)CCOC(C)(C)Cn1cc(CCCCNC=O)nn1. The van der Waals surface area contributed by atoms with Gasteiger partial charge in [-0.05, 0) is 45.4 Å². The fourth-order valence-electron chi connectivity index (χ4n) is 2.13. The minimum absolute atomic E-state index is 0.242. The van der Waals surface area contributed by atoms with Crippen LogP contribution in [-0.2, 0) is 22.5 Å². The van der Waals surface area contributed by atoms with Crippen molar-refractivity contribution in [3.05, 3.63) is 11.9 Å². The molecule has 0 aliphatic carbocycles. The van der Waals surface area contributed by atoms with Crippen LogP contribution in [0.4, 0.5) is 0 Å². The van der Waals surface area contributed by atoms with E-state index in [9.17, 15) is 4.79 Å². The van der Waals surface area contributed by atoms with Gasteiger partial charge >= 0.3 is 0 Å². The van der Waals surface area contributed by atoms with Crippen LogP contribution in [0.1, 0.15) is 52.7 Å². The fourth-order valence-corrected chi connectivity index (χ4v) is 2.13. The lowest BCUT2D eigenvalue weighted by molar-refractivity contribution is -0.109. The molecule has 0 aromatic carbocycles. The topological polar surface area (TPSA) is 69.0 Å². The molecule has 22 heavy (non-hydrogen) atoms. The number of nitrogens with zero attached hydrogens (tertiary/aromatic N) is 3. The van der Waals surface area contributed by atoms with Crippen molar-refractivity contribution in [1.82, 2.24) is 20.3 Å². The Morgan fingerprint density at radius 2 is 2.18 bits per heavy atom. The first-order valence-corrected chi connectivity index (χ1v) is 8.13. The maximum Gasteiger partial charge on any atom is 0.207 e. The Bertz CT molecular complexity index is 430. The zero-order chi connectivity index (χ0) is 16.4. The molecule has 126 valence electrons. The average molecular weight is 310 g/mol. The number of rotatable bonds is 12. The molecule has 1 heterocycles. The van der Waals surface area contributed by atoms with E-state index in [0.717, 1.165) is 44.4 Å². The van der Waals surface area contributed by atoms with Gasteiger partial charge in [0.15, 0.2) is 0 Å². The van der Waals surface area contributed by atoms with E-state index in [2.05, 4.69) is 43.3 Å². The van der Waals surface area contributed by atoms with E-state index in [1.165, 1.54) is 0 Å². The van der Waals surface area contributed by atoms with Gasteiger partial charge in [-0.25, -0.2) is 4.68 Å². The number of amides is 1. The van der Waals surface area contributed by atoms with Gasteiger partial charge in [0, 0.05) is 19.3 Å². The number of unbranched alkanes of at least 4 members (excludes halogenated alkanes) is 1. The summed E-state index contributed by atoms with van der Waals surface area (Å²) in [5.74, 6) is 0.655. The number of ether oxygens (including phenoxy) is 1. The first kappa shape index (κ1) is 18.6. The van der Waals surface area contributed by atoms with E-state index in [0.29, 0.717) is 19.0 Å². The molecule has 0 unspecified atom stereocenters. The number of carbonyl (C=O) groups is 1.